The number of carbonyl (C=O) groups excluding carboxylic acids is 1. The maximum Gasteiger partial charge on any atom is 0.312 e. The van der Waals surface area contributed by atoms with Crippen LogP contribution in [-0.2, 0) is 24.1 Å². The van der Waals surface area contributed by atoms with E-state index in [0.717, 1.165) is 24.8 Å². The summed E-state index contributed by atoms with van der Waals surface area (Å²) in [5.74, 6) is -0.197. The summed E-state index contributed by atoms with van der Waals surface area (Å²) in [6.45, 7) is 5.94. The minimum absolute atomic E-state index is 0.0340. The number of fused-ring (bicyclic) bond motifs is 2. The van der Waals surface area contributed by atoms with E-state index >= 15 is 0 Å². The molecule has 1 aliphatic heterocycles. The molecule has 1 N–H and O–H groups in total. The molecule has 158 valence electrons. The van der Waals surface area contributed by atoms with Gasteiger partial charge < -0.3 is 14.4 Å². The standard InChI is InChI=1S/C20H30O7S/c1-17(9-10-26-28(23,24)25)7-8-20(22)13(12-17)11-14-15-18(2,16(21)27-14)5-4-6-19(15,20)3/h11,14-15,22H,4-10,12H2,1-3H3,(H,23,24,25)/p-1/t14-,15+,17-,18+,19+,20-/m1/s1. The van der Waals surface area contributed by atoms with Gasteiger partial charge in [0.25, 0.3) is 0 Å². The van der Waals surface area contributed by atoms with Crippen LogP contribution >= 0.6 is 0 Å². The zero-order chi connectivity index (χ0) is 20.6. The molecule has 0 aromatic carbocycles. The molecular weight excluding hydrogens is 384 g/mol. The third-order valence-corrected chi connectivity index (χ3v) is 8.74. The normalized spacial score (nSPS) is 47.8. The van der Waals surface area contributed by atoms with Crippen LogP contribution in [0.3, 0.4) is 0 Å². The predicted molar refractivity (Wildman–Crippen MR) is 98.7 cm³/mol. The van der Waals surface area contributed by atoms with E-state index in [1.54, 1.807) is 0 Å². The molecule has 0 bridgehead atoms. The molecule has 0 radical (unpaired) electrons. The van der Waals surface area contributed by atoms with Crippen molar-refractivity contribution in [1.82, 2.24) is 0 Å². The summed E-state index contributed by atoms with van der Waals surface area (Å²) in [6.07, 6.45) is 6.37. The number of aliphatic hydroxyl groups is 1. The fourth-order valence-electron chi connectivity index (χ4n) is 6.70. The molecule has 3 fully saturated rings. The van der Waals surface area contributed by atoms with Crippen molar-refractivity contribution in [2.24, 2.45) is 22.2 Å². The highest BCUT2D eigenvalue weighted by molar-refractivity contribution is 7.80. The first-order valence-electron chi connectivity index (χ1n) is 10.1. The van der Waals surface area contributed by atoms with Crippen molar-refractivity contribution in [3.05, 3.63) is 11.6 Å². The number of hydrogen-bond donors (Lipinski definition) is 1. The van der Waals surface area contributed by atoms with E-state index in [2.05, 4.69) is 11.1 Å². The summed E-state index contributed by atoms with van der Waals surface area (Å²) in [5.41, 5.74) is -1.38. The van der Waals surface area contributed by atoms with Gasteiger partial charge in [-0.2, -0.15) is 0 Å². The summed E-state index contributed by atoms with van der Waals surface area (Å²) < 4.78 is 42.3. The van der Waals surface area contributed by atoms with Gasteiger partial charge in [0.05, 0.1) is 17.6 Å². The molecule has 4 rings (SSSR count). The number of carbonyl (C=O) groups is 1. The summed E-state index contributed by atoms with van der Waals surface area (Å²) in [7, 11) is -4.70. The second kappa shape index (κ2) is 6.03. The van der Waals surface area contributed by atoms with Crippen LogP contribution in [0.15, 0.2) is 11.6 Å². The molecule has 3 aliphatic carbocycles. The SMILES string of the molecule is C[C@]1(CCOS(=O)(=O)[O-])CC[C@@]2(O)C(=C[C@H]3OC(=O)[C@@]4(C)CCC[C@@]2(C)[C@@H]34)C1. The smallest absolute Gasteiger partial charge is 0.312 e. The predicted octanol–water partition coefficient (Wildman–Crippen LogP) is 2.45. The Morgan fingerprint density at radius 3 is 2.64 bits per heavy atom. The Kier molecular flexibility index (Phi) is 4.37. The quantitative estimate of drug-likeness (QED) is 0.326. The van der Waals surface area contributed by atoms with Crippen LogP contribution in [0.25, 0.3) is 0 Å². The lowest BCUT2D eigenvalue weighted by Crippen LogP contribution is -2.63. The van der Waals surface area contributed by atoms with Crippen LogP contribution in [0.5, 0.6) is 0 Å². The lowest BCUT2D eigenvalue weighted by molar-refractivity contribution is -0.163. The fourth-order valence-corrected chi connectivity index (χ4v) is 6.99. The molecule has 1 heterocycles. The van der Waals surface area contributed by atoms with Crippen molar-refractivity contribution in [2.45, 2.75) is 77.4 Å². The van der Waals surface area contributed by atoms with E-state index in [1.165, 1.54) is 0 Å². The van der Waals surface area contributed by atoms with Crippen LogP contribution < -0.4 is 0 Å². The number of ether oxygens (including phenoxy) is 1. The number of esters is 1. The summed E-state index contributed by atoms with van der Waals surface area (Å²) in [6, 6.07) is 0. The number of rotatable bonds is 4. The van der Waals surface area contributed by atoms with Gasteiger partial charge in [-0.3, -0.25) is 8.98 Å². The molecule has 8 heteroatoms. The average molecular weight is 414 g/mol. The van der Waals surface area contributed by atoms with Gasteiger partial charge in [-0.25, -0.2) is 8.42 Å². The van der Waals surface area contributed by atoms with Crippen molar-refractivity contribution in [3.63, 3.8) is 0 Å². The zero-order valence-electron chi connectivity index (χ0n) is 16.7. The topological polar surface area (TPSA) is 113 Å². The van der Waals surface area contributed by atoms with Crippen LogP contribution in [0.2, 0.25) is 0 Å². The highest BCUT2D eigenvalue weighted by Crippen LogP contribution is 2.68. The molecular formula is C20H29O7S-. The van der Waals surface area contributed by atoms with Gasteiger partial charge in [0.15, 0.2) is 0 Å². The molecule has 2 saturated carbocycles. The van der Waals surface area contributed by atoms with Crippen LogP contribution in [0.4, 0.5) is 0 Å². The highest BCUT2D eigenvalue weighted by atomic mass is 32.3. The first-order valence-corrected chi connectivity index (χ1v) is 11.4. The Bertz CT molecular complexity index is 835. The minimum Gasteiger partial charge on any atom is -0.726 e. The Morgan fingerprint density at radius 1 is 1.25 bits per heavy atom. The summed E-state index contributed by atoms with van der Waals surface area (Å²) >= 11 is 0. The Hall–Kier alpha value is -0.960. The molecule has 0 unspecified atom stereocenters. The second-order valence-corrected chi connectivity index (χ2v) is 11.1. The molecule has 7 nitrogen and oxygen atoms in total. The lowest BCUT2D eigenvalue weighted by atomic mass is 9.43. The van der Waals surface area contributed by atoms with Gasteiger partial charge in [-0.15, -0.1) is 0 Å². The molecule has 6 atom stereocenters. The largest absolute Gasteiger partial charge is 0.726 e. The average Bonchev–Trinajstić information content (AvgIpc) is 2.81. The third kappa shape index (κ3) is 2.79. The van der Waals surface area contributed by atoms with Crippen molar-refractivity contribution in [3.8, 4) is 0 Å². The van der Waals surface area contributed by atoms with Crippen molar-refractivity contribution in [2.75, 3.05) is 6.61 Å². The van der Waals surface area contributed by atoms with Gasteiger partial charge in [-0.1, -0.05) is 20.3 Å². The summed E-state index contributed by atoms with van der Waals surface area (Å²) in [4.78, 5) is 12.7. The first-order chi connectivity index (χ1) is 12.8. The molecule has 0 aromatic heterocycles. The summed E-state index contributed by atoms with van der Waals surface area (Å²) in [5, 5.41) is 11.9. The molecule has 0 spiro atoms. The maximum absolute atomic E-state index is 12.7. The fraction of sp³-hybridized carbons (Fsp3) is 0.850. The highest BCUT2D eigenvalue weighted by Gasteiger charge is 2.70. The molecule has 0 amide bonds. The van der Waals surface area contributed by atoms with E-state index < -0.39 is 26.8 Å². The Labute approximate surface area is 166 Å². The van der Waals surface area contributed by atoms with E-state index in [0.29, 0.717) is 25.7 Å². The van der Waals surface area contributed by atoms with Crippen LogP contribution in [0, 0.1) is 22.2 Å². The molecule has 4 aliphatic rings. The van der Waals surface area contributed by atoms with Crippen molar-refractivity contribution in [1.29, 1.82) is 0 Å². The number of hydrogen-bond acceptors (Lipinski definition) is 7. The first kappa shape index (κ1) is 20.3. The maximum atomic E-state index is 12.7. The van der Waals surface area contributed by atoms with Crippen molar-refractivity contribution >= 4 is 16.4 Å². The Balaban J connectivity index is 1.64. The van der Waals surface area contributed by atoms with Gasteiger partial charge in [0.2, 0.25) is 10.4 Å². The van der Waals surface area contributed by atoms with E-state index in [-0.39, 0.29) is 30.0 Å². The second-order valence-electron chi connectivity index (χ2n) is 10.1. The van der Waals surface area contributed by atoms with E-state index in [9.17, 15) is 22.9 Å². The Morgan fingerprint density at radius 2 is 1.96 bits per heavy atom. The molecule has 1 saturated heterocycles. The zero-order valence-corrected chi connectivity index (χ0v) is 17.5. The molecule has 28 heavy (non-hydrogen) atoms. The van der Waals surface area contributed by atoms with Crippen LogP contribution in [-0.4, -0.2) is 42.4 Å². The van der Waals surface area contributed by atoms with E-state index in [1.807, 2.05) is 19.9 Å². The third-order valence-electron chi connectivity index (χ3n) is 8.29. The van der Waals surface area contributed by atoms with Crippen LogP contribution in [0.1, 0.15) is 65.7 Å². The van der Waals surface area contributed by atoms with Gasteiger partial charge >= 0.3 is 5.97 Å². The lowest BCUT2D eigenvalue weighted by Gasteiger charge is -2.61. The van der Waals surface area contributed by atoms with Gasteiger partial charge in [0, 0.05) is 11.3 Å². The van der Waals surface area contributed by atoms with E-state index in [4.69, 9.17) is 4.74 Å². The van der Waals surface area contributed by atoms with Crippen molar-refractivity contribution < 1.29 is 31.8 Å². The monoisotopic (exact) mass is 413 g/mol. The van der Waals surface area contributed by atoms with Gasteiger partial charge in [-0.05, 0) is 62.5 Å². The molecule has 0 aromatic rings. The van der Waals surface area contributed by atoms with Gasteiger partial charge in [0.1, 0.15) is 6.10 Å². The minimum atomic E-state index is -4.70.